The lowest BCUT2D eigenvalue weighted by Crippen LogP contribution is -2.23. The van der Waals surface area contributed by atoms with E-state index in [-0.39, 0.29) is 43.8 Å². The van der Waals surface area contributed by atoms with Crippen molar-refractivity contribution in [3.8, 4) is 0 Å². The lowest BCUT2D eigenvalue weighted by Gasteiger charge is -2.18. The van der Waals surface area contributed by atoms with Gasteiger partial charge in [0.15, 0.2) is 0 Å². The van der Waals surface area contributed by atoms with E-state index < -0.39 is 19.2 Å². The van der Waals surface area contributed by atoms with Gasteiger partial charge in [0.25, 0.3) is 0 Å². The molecule has 0 spiro atoms. The van der Waals surface area contributed by atoms with Crippen molar-refractivity contribution in [3.05, 3.63) is 106 Å². The van der Waals surface area contributed by atoms with Crippen LogP contribution in [-0.2, 0) is 42.6 Å². The number of carbonyl (C=O) groups excluding carboxylic acids is 1. The maximum absolute atomic E-state index is 13.3. The van der Waals surface area contributed by atoms with Crippen LogP contribution < -0.4 is 10.9 Å². The average molecular weight is 546 g/mol. The van der Waals surface area contributed by atoms with E-state index in [1.54, 1.807) is 4.57 Å². The number of nitrogens with zero attached hydrogens (tertiary/aromatic N) is 2. The second kappa shape index (κ2) is 13.5. The molecule has 200 valence electrons. The van der Waals surface area contributed by atoms with Gasteiger partial charge in [0.1, 0.15) is 19.1 Å². The van der Waals surface area contributed by atoms with Crippen molar-refractivity contribution >= 4 is 38.1 Å². The molecule has 0 aliphatic rings. The van der Waals surface area contributed by atoms with Gasteiger partial charge in [-0.1, -0.05) is 72.2 Å². The minimum Gasteiger partial charge on any atom is -0.462 e. The van der Waals surface area contributed by atoms with Crippen molar-refractivity contribution in [1.29, 1.82) is 0 Å². The van der Waals surface area contributed by atoms with Gasteiger partial charge >= 0.3 is 13.8 Å². The standard InChI is InChI=1S/C28H28BN2O7P/c1-2-31-18-25(26(32)24-16-23(29)17-30-27(24)31)28(33)35-14-9-15-36-39(34,37-19-21-10-5-3-6-11-21)38-20-22-12-7-4-8-13-22/h3-8,10-13,16-18H,2,9,14-15,19-20H2,1H3. The number of aryl methyl sites for hydroxylation is 1. The number of phosphoric acid groups is 1. The van der Waals surface area contributed by atoms with Gasteiger partial charge in [-0.25, -0.2) is 14.3 Å². The lowest BCUT2D eigenvalue weighted by atomic mass is 9.97. The topological polar surface area (TPSA) is 106 Å². The van der Waals surface area contributed by atoms with Crippen LogP contribution in [0.3, 0.4) is 0 Å². The summed E-state index contributed by atoms with van der Waals surface area (Å²) in [7, 11) is 1.85. The largest absolute Gasteiger partial charge is 0.475 e. The average Bonchev–Trinajstić information content (AvgIpc) is 2.96. The van der Waals surface area contributed by atoms with Gasteiger partial charge in [-0.05, 0) is 18.1 Å². The van der Waals surface area contributed by atoms with Crippen LogP contribution in [0.4, 0.5) is 0 Å². The van der Waals surface area contributed by atoms with Crippen LogP contribution in [0.5, 0.6) is 0 Å². The number of pyridine rings is 2. The number of phosphoric ester groups is 1. The Morgan fingerprint density at radius 3 is 2.15 bits per heavy atom. The zero-order chi connectivity index (χ0) is 27.7. The molecule has 11 heteroatoms. The van der Waals surface area contributed by atoms with Gasteiger partial charge in [0, 0.05) is 25.4 Å². The van der Waals surface area contributed by atoms with Crippen molar-refractivity contribution in [3.63, 3.8) is 0 Å². The number of benzene rings is 2. The fourth-order valence-corrected chi connectivity index (χ4v) is 4.91. The van der Waals surface area contributed by atoms with Crippen LogP contribution in [0.1, 0.15) is 34.8 Å². The highest BCUT2D eigenvalue weighted by Crippen LogP contribution is 2.51. The number of rotatable bonds is 13. The van der Waals surface area contributed by atoms with E-state index in [9.17, 15) is 14.2 Å². The molecule has 0 unspecified atom stereocenters. The van der Waals surface area contributed by atoms with Crippen molar-refractivity contribution < 1.29 is 27.7 Å². The monoisotopic (exact) mass is 546 g/mol. The zero-order valence-corrected chi connectivity index (χ0v) is 22.4. The van der Waals surface area contributed by atoms with Gasteiger partial charge in [0.05, 0.1) is 31.8 Å². The molecule has 0 saturated carbocycles. The van der Waals surface area contributed by atoms with Crippen LogP contribution in [-0.4, -0.2) is 36.6 Å². The maximum atomic E-state index is 13.3. The Bertz CT molecular complexity index is 1470. The fourth-order valence-electron chi connectivity index (χ4n) is 3.72. The molecule has 39 heavy (non-hydrogen) atoms. The molecule has 0 aliphatic heterocycles. The summed E-state index contributed by atoms with van der Waals surface area (Å²) < 4.78 is 37.0. The van der Waals surface area contributed by atoms with E-state index in [0.29, 0.717) is 17.7 Å². The molecule has 9 nitrogen and oxygen atoms in total. The van der Waals surface area contributed by atoms with Gasteiger partial charge in [-0.15, -0.1) is 0 Å². The normalized spacial score (nSPS) is 11.5. The number of hydrogen-bond donors (Lipinski definition) is 0. The summed E-state index contributed by atoms with van der Waals surface area (Å²) in [6, 6.07) is 20.0. The molecule has 2 aromatic carbocycles. The second-order valence-electron chi connectivity index (χ2n) is 8.59. The van der Waals surface area contributed by atoms with E-state index in [2.05, 4.69) is 4.98 Å². The molecular weight excluding hydrogens is 518 g/mol. The smallest absolute Gasteiger partial charge is 0.462 e. The van der Waals surface area contributed by atoms with Crippen molar-refractivity contribution in [2.24, 2.45) is 0 Å². The number of ether oxygens (including phenoxy) is 1. The van der Waals surface area contributed by atoms with Crippen molar-refractivity contribution in [2.45, 2.75) is 33.1 Å². The van der Waals surface area contributed by atoms with Crippen LogP contribution in [0.2, 0.25) is 0 Å². The summed E-state index contributed by atoms with van der Waals surface area (Å²) in [5.41, 5.74) is 1.73. The van der Waals surface area contributed by atoms with E-state index in [1.165, 1.54) is 18.5 Å². The van der Waals surface area contributed by atoms with Crippen molar-refractivity contribution in [2.75, 3.05) is 13.2 Å². The number of fused-ring (bicyclic) bond motifs is 1. The molecular formula is C28H28BN2O7P. The molecule has 0 saturated heterocycles. The molecule has 0 fully saturated rings. The highest BCUT2D eigenvalue weighted by molar-refractivity contribution is 7.48. The van der Waals surface area contributed by atoms with Crippen LogP contribution >= 0.6 is 7.82 Å². The first-order valence-electron chi connectivity index (χ1n) is 12.5. The van der Waals surface area contributed by atoms with Crippen LogP contribution in [0.25, 0.3) is 11.0 Å². The second-order valence-corrected chi connectivity index (χ2v) is 10.3. The van der Waals surface area contributed by atoms with Gasteiger partial charge in [0.2, 0.25) is 5.43 Å². The third-order valence-corrected chi connectivity index (χ3v) is 7.12. The van der Waals surface area contributed by atoms with Crippen LogP contribution in [0.15, 0.2) is 83.9 Å². The van der Waals surface area contributed by atoms with E-state index in [1.807, 2.05) is 67.6 Å². The highest BCUT2D eigenvalue weighted by atomic mass is 31.2. The van der Waals surface area contributed by atoms with Gasteiger partial charge in [-0.2, -0.15) is 0 Å². The van der Waals surface area contributed by atoms with Crippen molar-refractivity contribution in [1.82, 2.24) is 9.55 Å². The molecule has 0 bridgehead atoms. The molecule has 0 atom stereocenters. The predicted octanol–water partition coefficient (Wildman–Crippen LogP) is 4.32. The molecule has 2 aromatic heterocycles. The molecule has 0 N–H and O–H groups in total. The SMILES string of the molecule is [B]c1cnc2c(c1)c(=O)c(C(=O)OCCCOP(=O)(OCc1ccccc1)OCc1ccccc1)cn2CC. The Morgan fingerprint density at radius 2 is 1.56 bits per heavy atom. The number of esters is 1. The Balaban J connectivity index is 1.35. The fraction of sp³-hybridized carbons (Fsp3) is 0.250. The van der Waals surface area contributed by atoms with E-state index >= 15 is 0 Å². The Morgan fingerprint density at radius 1 is 0.949 bits per heavy atom. The Labute approximate surface area is 227 Å². The third kappa shape index (κ3) is 7.74. The summed E-state index contributed by atoms with van der Waals surface area (Å²) in [5.74, 6) is -0.782. The summed E-state index contributed by atoms with van der Waals surface area (Å²) in [6.07, 6.45) is 3.08. The molecule has 0 amide bonds. The van der Waals surface area contributed by atoms with E-state index in [4.69, 9.17) is 26.2 Å². The lowest BCUT2D eigenvalue weighted by molar-refractivity contribution is 0.0466. The Hall–Kier alpha value is -3.56. The first kappa shape index (κ1) is 28.5. The first-order valence-corrected chi connectivity index (χ1v) is 13.9. The summed E-state index contributed by atoms with van der Waals surface area (Å²) in [6.45, 7) is 2.29. The molecule has 2 radical (unpaired) electrons. The number of carbonyl (C=O) groups is 1. The zero-order valence-electron chi connectivity index (χ0n) is 21.5. The first-order chi connectivity index (χ1) is 18.9. The van der Waals surface area contributed by atoms with Gasteiger partial charge < -0.3 is 9.30 Å². The molecule has 0 aliphatic carbocycles. The summed E-state index contributed by atoms with van der Waals surface area (Å²) in [4.78, 5) is 29.8. The Kier molecular flexibility index (Phi) is 9.84. The maximum Gasteiger partial charge on any atom is 0.475 e. The predicted molar refractivity (Wildman–Crippen MR) is 148 cm³/mol. The summed E-state index contributed by atoms with van der Waals surface area (Å²) in [5, 5.41) is 0.238. The minimum atomic E-state index is -3.94. The third-order valence-electron chi connectivity index (χ3n) is 5.73. The number of hydrogen-bond acceptors (Lipinski definition) is 8. The summed E-state index contributed by atoms with van der Waals surface area (Å²) >= 11 is 0. The number of aromatic nitrogens is 2. The van der Waals surface area contributed by atoms with Gasteiger partial charge in [-0.3, -0.25) is 18.4 Å². The van der Waals surface area contributed by atoms with E-state index in [0.717, 1.165) is 11.1 Å². The molecule has 4 rings (SSSR count). The van der Waals surface area contributed by atoms with Crippen LogP contribution in [0, 0.1) is 0 Å². The molecule has 4 aromatic rings. The highest BCUT2D eigenvalue weighted by Gasteiger charge is 2.27. The molecule has 2 heterocycles. The quantitative estimate of drug-likeness (QED) is 0.106. The minimum absolute atomic E-state index is 0.0347.